The number of hydrogen-bond donors (Lipinski definition) is 1. The van der Waals surface area contributed by atoms with Gasteiger partial charge in [0.15, 0.2) is 0 Å². The van der Waals surface area contributed by atoms with Crippen LogP contribution >= 0.6 is 0 Å². The zero-order valence-electron chi connectivity index (χ0n) is 11.8. The summed E-state index contributed by atoms with van der Waals surface area (Å²) < 4.78 is 0. The van der Waals surface area contributed by atoms with Gasteiger partial charge in [-0.3, -0.25) is 4.90 Å². The number of aromatic hydroxyl groups is 1. The van der Waals surface area contributed by atoms with Crippen LogP contribution in [0.3, 0.4) is 0 Å². The zero-order valence-corrected chi connectivity index (χ0v) is 11.8. The van der Waals surface area contributed by atoms with E-state index in [1.807, 2.05) is 0 Å². The molecule has 1 aliphatic rings. The molecule has 0 aromatic heterocycles. The summed E-state index contributed by atoms with van der Waals surface area (Å²) in [4.78, 5) is 2.66. The molecule has 1 aromatic rings. The number of phenols is 1. The fourth-order valence-corrected chi connectivity index (χ4v) is 3.28. The second-order valence-electron chi connectivity index (χ2n) is 5.71. The number of nitrogens with zero attached hydrogens (tertiary/aromatic N) is 1. The van der Waals surface area contributed by atoms with Gasteiger partial charge in [-0.15, -0.1) is 0 Å². The topological polar surface area (TPSA) is 23.5 Å². The molecular weight excluding hydrogens is 222 g/mol. The molecular formula is C16H25NO. The SMILES string of the molecule is CCC(c1ccc(O)cc1)N1CCCC1C(C)C. The van der Waals surface area contributed by atoms with Crippen molar-refractivity contribution in [3.8, 4) is 5.75 Å². The van der Waals surface area contributed by atoms with Gasteiger partial charge >= 0.3 is 0 Å². The van der Waals surface area contributed by atoms with Crippen LogP contribution in [0, 0.1) is 5.92 Å². The van der Waals surface area contributed by atoms with Gasteiger partial charge in [0.05, 0.1) is 0 Å². The van der Waals surface area contributed by atoms with E-state index in [1.165, 1.54) is 24.9 Å². The molecule has 1 aromatic carbocycles. The highest BCUT2D eigenvalue weighted by atomic mass is 16.3. The van der Waals surface area contributed by atoms with Crippen LogP contribution in [-0.2, 0) is 0 Å². The third kappa shape index (κ3) is 2.69. The quantitative estimate of drug-likeness (QED) is 0.870. The minimum atomic E-state index is 0.357. The maximum absolute atomic E-state index is 9.40. The first-order valence-corrected chi connectivity index (χ1v) is 7.18. The van der Waals surface area contributed by atoms with E-state index in [-0.39, 0.29) is 0 Å². The Labute approximate surface area is 111 Å². The molecule has 0 saturated carbocycles. The molecule has 2 rings (SSSR count). The molecule has 0 amide bonds. The van der Waals surface area contributed by atoms with Crippen molar-refractivity contribution in [2.45, 2.75) is 52.1 Å². The van der Waals surface area contributed by atoms with Gasteiger partial charge in [0, 0.05) is 12.1 Å². The van der Waals surface area contributed by atoms with Crippen LogP contribution in [0.1, 0.15) is 51.6 Å². The molecule has 1 fully saturated rings. The fraction of sp³-hybridized carbons (Fsp3) is 0.625. The summed E-state index contributed by atoms with van der Waals surface area (Å²) in [6, 6.07) is 8.96. The lowest BCUT2D eigenvalue weighted by molar-refractivity contribution is 0.142. The minimum Gasteiger partial charge on any atom is -0.508 e. The van der Waals surface area contributed by atoms with E-state index in [9.17, 15) is 5.11 Å². The number of likely N-dealkylation sites (tertiary alicyclic amines) is 1. The highest BCUT2D eigenvalue weighted by Gasteiger charge is 2.32. The summed E-state index contributed by atoms with van der Waals surface area (Å²) in [6.07, 6.45) is 3.78. The fourth-order valence-electron chi connectivity index (χ4n) is 3.28. The number of rotatable bonds is 4. The van der Waals surface area contributed by atoms with Crippen LogP contribution in [0.4, 0.5) is 0 Å². The lowest BCUT2D eigenvalue weighted by Gasteiger charge is -2.35. The van der Waals surface area contributed by atoms with E-state index in [0.29, 0.717) is 17.8 Å². The van der Waals surface area contributed by atoms with Crippen LogP contribution in [-0.4, -0.2) is 22.6 Å². The lowest BCUT2D eigenvalue weighted by Crippen LogP contribution is -2.36. The molecule has 100 valence electrons. The van der Waals surface area contributed by atoms with Crippen molar-refractivity contribution in [3.63, 3.8) is 0 Å². The summed E-state index contributed by atoms with van der Waals surface area (Å²) in [7, 11) is 0. The van der Waals surface area contributed by atoms with Crippen molar-refractivity contribution in [1.29, 1.82) is 0 Å². The first-order valence-electron chi connectivity index (χ1n) is 7.18. The summed E-state index contributed by atoms with van der Waals surface area (Å²) in [5.41, 5.74) is 1.34. The average molecular weight is 247 g/mol. The molecule has 2 heteroatoms. The maximum atomic E-state index is 9.40. The van der Waals surface area contributed by atoms with Gasteiger partial charge in [0.25, 0.3) is 0 Å². The Hall–Kier alpha value is -1.02. The summed E-state index contributed by atoms with van der Waals surface area (Å²) in [5, 5.41) is 9.40. The van der Waals surface area contributed by atoms with Gasteiger partial charge in [-0.1, -0.05) is 32.9 Å². The van der Waals surface area contributed by atoms with E-state index < -0.39 is 0 Å². The van der Waals surface area contributed by atoms with Crippen LogP contribution in [0.2, 0.25) is 0 Å². The van der Waals surface area contributed by atoms with Gasteiger partial charge < -0.3 is 5.11 Å². The van der Waals surface area contributed by atoms with Crippen molar-refractivity contribution in [3.05, 3.63) is 29.8 Å². The first-order chi connectivity index (χ1) is 8.63. The number of benzene rings is 1. The second kappa shape index (κ2) is 5.75. The largest absolute Gasteiger partial charge is 0.508 e. The Bertz CT molecular complexity index is 371. The zero-order chi connectivity index (χ0) is 13.1. The normalized spacial score (nSPS) is 22.6. The van der Waals surface area contributed by atoms with Gasteiger partial charge in [-0.05, 0) is 49.4 Å². The van der Waals surface area contributed by atoms with Crippen molar-refractivity contribution in [2.75, 3.05) is 6.54 Å². The first kappa shape index (κ1) is 13.4. The van der Waals surface area contributed by atoms with Crippen LogP contribution in [0.25, 0.3) is 0 Å². The highest BCUT2D eigenvalue weighted by Crippen LogP contribution is 2.35. The maximum Gasteiger partial charge on any atom is 0.115 e. The molecule has 0 aliphatic carbocycles. The third-order valence-electron chi connectivity index (χ3n) is 4.18. The second-order valence-corrected chi connectivity index (χ2v) is 5.71. The smallest absolute Gasteiger partial charge is 0.115 e. The Morgan fingerprint density at radius 3 is 2.50 bits per heavy atom. The van der Waals surface area contributed by atoms with Crippen molar-refractivity contribution in [2.24, 2.45) is 5.92 Å². The molecule has 1 saturated heterocycles. The average Bonchev–Trinajstić information content (AvgIpc) is 2.82. The number of hydrogen-bond acceptors (Lipinski definition) is 2. The molecule has 0 bridgehead atoms. The molecule has 2 nitrogen and oxygen atoms in total. The van der Waals surface area contributed by atoms with E-state index in [4.69, 9.17) is 0 Å². The van der Waals surface area contributed by atoms with Gasteiger partial charge in [-0.25, -0.2) is 0 Å². The molecule has 0 spiro atoms. The van der Waals surface area contributed by atoms with E-state index >= 15 is 0 Å². The van der Waals surface area contributed by atoms with Crippen LogP contribution < -0.4 is 0 Å². The minimum absolute atomic E-state index is 0.357. The Morgan fingerprint density at radius 1 is 1.28 bits per heavy atom. The Morgan fingerprint density at radius 2 is 1.94 bits per heavy atom. The van der Waals surface area contributed by atoms with Crippen LogP contribution in [0.15, 0.2) is 24.3 Å². The molecule has 1 aliphatic heterocycles. The van der Waals surface area contributed by atoms with E-state index in [0.717, 1.165) is 12.3 Å². The van der Waals surface area contributed by atoms with Crippen molar-refractivity contribution < 1.29 is 5.11 Å². The van der Waals surface area contributed by atoms with Gasteiger partial charge in [-0.2, -0.15) is 0 Å². The molecule has 1 heterocycles. The lowest BCUT2D eigenvalue weighted by atomic mass is 9.97. The summed E-state index contributed by atoms with van der Waals surface area (Å²) >= 11 is 0. The van der Waals surface area contributed by atoms with Crippen LogP contribution in [0.5, 0.6) is 5.75 Å². The van der Waals surface area contributed by atoms with Crippen molar-refractivity contribution in [1.82, 2.24) is 4.90 Å². The van der Waals surface area contributed by atoms with E-state index in [1.54, 1.807) is 12.1 Å². The predicted octanol–water partition coefficient (Wildman–Crippen LogP) is 3.96. The summed E-state index contributed by atoms with van der Waals surface area (Å²) in [5.74, 6) is 1.08. The van der Waals surface area contributed by atoms with Gasteiger partial charge in [0.1, 0.15) is 5.75 Å². The van der Waals surface area contributed by atoms with Gasteiger partial charge in [0.2, 0.25) is 0 Å². The molecule has 2 atom stereocenters. The molecule has 18 heavy (non-hydrogen) atoms. The summed E-state index contributed by atoms with van der Waals surface area (Å²) in [6.45, 7) is 8.12. The Kier molecular flexibility index (Phi) is 4.28. The highest BCUT2D eigenvalue weighted by molar-refractivity contribution is 5.28. The van der Waals surface area contributed by atoms with Crippen molar-refractivity contribution >= 4 is 0 Å². The van der Waals surface area contributed by atoms with E-state index in [2.05, 4.69) is 37.8 Å². The third-order valence-corrected chi connectivity index (χ3v) is 4.18. The predicted molar refractivity (Wildman–Crippen MR) is 75.7 cm³/mol. The Balaban J connectivity index is 2.20. The number of phenolic OH excluding ortho intramolecular Hbond substituents is 1. The monoisotopic (exact) mass is 247 g/mol. The molecule has 0 radical (unpaired) electrons. The molecule has 1 N–H and O–H groups in total. The molecule has 2 unspecified atom stereocenters. The standard InChI is InChI=1S/C16H25NO/c1-4-15(13-7-9-14(18)10-8-13)17-11-5-6-16(17)12(2)3/h7-10,12,15-16,18H,4-6,11H2,1-3H3.